The maximum Gasteiger partial charge on any atom is 0.257 e. The minimum atomic E-state index is -0.0942. The van der Waals surface area contributed by atoms with Crippen LogP contribution < -0.4 is 5.32 Å². The van der Waals surface area contributed by atoms with Gasteiger partial charge < -0.3 is 15.1 Å². The van der Waals surface area contributed by atoms with Crippen LogP contribution in [0.5, 0.6) is 0 Å². The highest BCUT2D eigenvalue weighted by atomic mass is 16.2. The Morgan fingerprint density at radius 2 is 1.96 bits per heavy atom. The lowest BCUT2D eigenvalue weighted by molar-refractivity contribution is -0.151. The Morgan fingerprint density at radius 3 is 2.70 bits per heavy atom. The van der Waals surface area contributed by atoms with Crippen LogP contribution in [0.3, 0.4) is 0 Å². The van der Waals surface area contributed by atoms with E-state index < -0.39 is 0 Å². The van der Waals surface area contributed by atoms with Gasteiger partial charge in [-0.05, 0) is 31.1 Å². The molecule has 0 radical (unpaired) electrons. The second-order valence-electron chi connectivity index (χ2n) is 7.86. The highest BCUT2D eigenvalue weighted by Crippen LogP contribution is 2.41. The molecule has 4 heterocycles. The van der Waals surface area contributed by atoms with Crippen molar-refractivity contribution in [2.75, 3.05) is 19.6 Å². The molecule has 8 nitrogen and oxygen atoms in total. The van der Waals surface area contributed by atoms with Gasteiger partial charge in [0, 0.05) is 51.4 Å². The third-order valence-corrected chi connectivity index (χ3v) is 6.15. The van der Waals surface area contributed by atoms with Gasteiger partial charge in [0.1, 0.15) is 6.33 Å². The Labute approximate surface area is 158 Å². The first-order valence-electron chi connectivity index (χ1n) is 9.64. The Kier molecular flexibility index (Phi) is 4.80. The number of likely N-dealkylation sites (tertiary alicyclic amines) is 1. The van der Waals surface area contributed by atoms with E-state index in [0.717, 1.165) is 19.3 Å². The first-order valence-corrected chi connectivity index (χ1v) is 9.64. The molecule has 3 saturated heterocycles. The number of piperidine rings is 3. The fourth-order valence-corrected chi connectivity index (χ4v) is 5.04. The number of carbonyl (C=O) groups is 3. The van der Waals surface area contributed by atoms with Crippen LogP contribution in [0.15, 0.2) is 18.7 Å². The predicted molar refractivity (Wildman–Crippen MR) is 96.5 cm³/mol. The molecule has 1 N–H and O–H groups in total. The van der Waals surface area contributed by atoms with Gasteiger partial charge in [0.2, 0.25) is 11.8 Å². The Morgan fingerprint density at radius 1 is 1.22 bits per heavy atom. The zero-order valence-corrected chi connectivity index (χ0v) is 15.5. The molecule has 8 heteroatoms. The normalized spacial score (nSPS) is 29.9. The molecule has 4 rings (SSSR count). The summed E-state index contributed by atoms with van der Waals surface area (Å²) < 4.78 is 0. The van der Waals surface area contributed by atoms with Gasteiger partial charge in [-0.25, -0.2) is 9.97 Å². The van der Waals surface area contributed by atoms with Crippen molar-refractivity contribution in [1.82, 2.24) is 25.1 Å². The van der Waals surface area contributed by atoms with Crippen LogP contribution in [-0.4, -0.2) is 69.2 Å². The second kappa shape index (κ2) is 7.25. The van der Waals surface area contributed by atoms with Gasteiger partial charge >= 0.3 is 0 Å². The summed E-state index contributed by atoms with van der Waals surface area (Å²) >= 11 is 0. The van der Waals surface area contributed by atoms with Crippen LogP contribution in [0.1, 0.15) is 43.0 Å². The average molecular weight is 371 g/mol. The summed E-state index contributed by atoms with van der Waals surface area (Å²) in [6.45, 7) is 3.19. The molecule has 0 aromatic carbocycles. The van der Waals surface area contributed by atoms with Gasteiger partial charge in [-0.1, -0.05) is 0 Å². The third-order valence-electron chi connectivity index (χ3n) is 6.15. The van der Waals surface area contributed by atoms with Crippen LogP contribution >= 0.6 is 0 Å². The Bertz CT molecular complexity index is 740. The lowest BCUT2D eigenvalue weighted by Crippen LogP contribution is -2.67. The maximum absolute atomic E-state index is 12.9. The van der Waals surface area contributed by atoms with Crippen LogP contribution in [0.25, 0.3) is 0 Å². The van der Waals surface area contributed by atoms with Crippen molar-refractivity contribution < 1.29 is 14.4 Å². The first kappa shape index (κ1) is 17.9. The first-order chi connectivity index (χ1) is 13.0. The molecule has 3 aliphatic rings. The number of rotatable bonds is 3. The molecule has 0 saturated carbocycles. The Hall–Kier alpha value is -2.51. The molecule has 144 valence electrons. The van der Waals surface area contributed by atoms with Crippen molar-refractivity contribution in [1.29, 1.82) is 0 Å². The topological polar surface area (TPSA) is 95.5 Å². The van der Waals surface area contributed by atoms with Crippen molar-refractivity contribution >= 4 is 17.7 Å². The van der Waals surface area contributed by atoms with Crippen LogP contribution in [0.2, 0.25) is 0 Å². The standard InChI is InChI=1S/C19H25N5O3/c1-12(25)22-8-17-14-5-13(16-3-2-4-18(26)24(16)17)9-23(10-14)19(27)15-6-20-11-21-7-15/h6-7,11,13-14,16-17H,2-5,8-10H2,1H3,(H,22,25)/t13-,14+,16+,17+/m1/s1. The summed E-state index contributed by atoms with van der Waals surface area (Å²) in [5, 5.41) is 2.89. The number of nitrogens with one attached hydrogen (secondary N) is 1. The maximum atomic E-state index is 12.9. The molecule has 4 atom stereocenters. The predicted octanol–water partition coefficient (Wildman–Crippen LogP) is 0.454. The van der Waals surface area contributed by atoms with Crippen LogP contribution in [-0.2, 0) is 9.59 Å². The fraction of sp³-hybridized carbons (Fsp3) is 0.632. The summed E-state index contributed by atoms with van der Waals surface area (Å²) in [6, 6.07) is 0.106. The quantitative estimate of drug-likeness (QED) is 0.833. The van der Waals surface area contributed by atoms with Gasteiger partial charge in [0.15, 0.2) is 0 Å². The molecular formula is C19H25N5O3. The molecule has 27 heavy (non-hydrogen) atoms. The van der Waals surface area contributed by atoms with E-state index >= 15 is 0 Å². The third kappa shape index (κ3) is 3.40. The smallest absolute Gasteiger partial charge is 0.257 e. The lowest BCUT2D eigenvalue weighted by Gasteiger charge is -2.56. The summed E-state index contributed by atoms with van der Waals surface area (Å²) in [7, 11) is 0. The van der Waals surface area contributed by atoms with Crippen LogP contribution in [0.4, 0.5) is 0 Å². The van der Waals surface area contributed by atoms with E-state index in [0.29, 0.717) is 31.6 Å². The second-order valence-corrected chi connectivity index (χ2v) is 7.86. The molecule has 0 aliphatic carbocycles. The van der Waals surface area contributed by atoms with Gasteiger partial charge in [-0.15, -0.1) is 0 Å². The van der Waals surface area contributed by atoms with E-state index in [1.165, 1.54) is 13.3 Å². The van der Waals surface area contributed by atoms with E-state index in [9.17, 15) is 14.4 Å². The van der Waals surface area contributed by atoms with Gasteiger partial charge in [0.05, 0.1) is 11.6 Å². The summed E-state index contributed by atoms with van der Waals surface area (Å²) in [5.41, 5.74) is 0.493. The summed E-state index contributed by atoms with van der Waals surface area (Å²) in [4.78, 5) is 48.9. The van der Waals surface area contributed by atoms with E-state index in [4.69, 9.17) is 0 Å². The van der Waals surface area contributed by atoms with Crippen molar-refractivity contribution in [3.63, 3.8) is 0 Å². The van der Waals surface area contributed by atoms with Gasteiger partial charge in [-0.3, -0.25) is 14.4 Å². The fourth-order valence-electron chi connectivity index (χ4n) is 5.04. The van der Waals surface area contributed by atoms with Crippen molar-refractivity contribution in [3.05, 3.63) is 24.3 Å². The SMILES string of the molecule is CC(=O)NC[C@H]1[C@H]2C[C@H](CN(C(=O)c3cncnc3)C2)[C@@H]2CCCC(=O)N21. The van der Waals surface area contributed by atoms with E-state index in [2.05, 4.69) is 15.3 Å². The monoisotopic (exact) mass is 371 g/mol. The van der Waals surface area contributed by atoms with E-state index in [1.54, 1.807) is 12.4 Å². The average Bonchev–Trinajstić information content (AvgIpc) is 2.68. The minimum absolute atomic E-state index is 0.0504. The number of nitrogens with zero attached hydrogens (tertiary/aromatic N) is 4. The molecule has 3 amide bonds. The highest BCUT2D eigenvalue weighted by molar-refractivity contribution is 5.93. The molecule has 2 bridgehead atoms. The highest BCUT2D eigenvalue weighted by Gasteiger charge is 2.50. The largest absolute Gasteiger partial charge is 0.354 e. The van der Waals surface area contributed by atoms with Crippen molar-refractivity contribution in [2.24, 2.45) is 11.8 Å². The summed E-state index contributed by atoms with van der Waals surface area (Å²) in [6.07, 6.45) is 7.95. The zero-order valence-electron chi connectivity index (χ0n) is 15.5. The Balaban J connectivity index is 1.59. The number of amides is 3. The van der Waals surface area contributed by atoms with Gasteiger partial charge in [-0.2, -0.15) is 0 Å². The molecule has 1 aromatic rings. The zero-order chi connectivity index (χ0) is 19.0. The molecule has 3 aliphatic heterocycles. The molecule has 0 spiro atoms. The molecule has 3 fully saturated rings. The van der Waals surface area contributed by atoms with Crippen molar-refractivity contribution in [3.8, 4) is 0 Å². The van der Waals surface area contributed by atoms with Crippen molar-refractivity contribution in [2.45, 2.75) is 44.7 Å². The molecule has 0 unspecified atom stereocenters. The number of fused-ring (bicyclic) bond motifs is 4. The number of aromatic nitrogens is 2. The summed E-state index contributed by atoms with van der Waals surface area (Å²) in [5.74, 6) is 0.493. The number of carbonyl (C=O) groups excluding carboxylic acids is 3. The van der Waals surface area contributed by atoms with Crippen LogP contribution in [0, 0.1) is 11.8 Å². The van der Waals surface area contributed by atoms with Gasteiger partial charge in [0.25, 0.3) is 5.91 Å². The number of hydrogen-bond donors (Lipinski definition) is 1. The van der Waals surface area contributed by atoms with E-state index in [1.807, 2.05) is 9.80 Å². The molecule has 1 aromatic heterocycles. The lowest BCUT2D eigenvalue weighted by atomic mass is 9.72. The number of hydrogen-bond acceptors (Lipinski definition) is 5. The minimum Gasteiger partial charge on any atom is -0.354 e. The molecular weight excluding hydrogens is 346 g/mol. The van der Waals surface area contributed by atoms with E-state index in [-0.39, 0.29) is 41.6 Å².